The van der Waals surface area contributed by atoms with E-state index in [0.29, 0.717) is 17.5 Å². The van der Waals surface area contributed by atoms with Crippen molar-refractivity contribution in [2.45, 2.75) is 12.8 Å². The third kappa shape index (κ3) is 3.06. The van der Waals surface area contributed by atoms with Crippen molar-refractivity contribution >= 4 is 22.7 Å². The second-order valence-electron chi connectivity index (χ2n) is 4.87. The van der Waals surface area contributed by atoms with Crippen LogP contribution in [0.2, 0.25) is 0 Å². The first-order chi connectivity index (χ1) is 10.6. The first kappa shape index (κ1) is 14.1. The number of fused-ring (bicyclic) bond motifs is 1. The Balaban J connectivity index is 1.64. The zero-order chi connectivity index (χ0) is 15.5. The standard InChI is InChI=1S/C16H13FN2O3/c17-11-3-1-2-4-12(11)18-15(20)8-6-10-5-7-14-13(9-10)19-16(21)22-14/h1-5,7,9H,6,8H2,(H,18,20)(H,19,21). The molecular formula is C16H13FN2O3. The molecule has 0 saturated heterocycles. The lowest BCUT2D eigenvalue weighted by atomic mass is 10.1. The van der Waals surface area contributed by atoms with Crippen LogP contribution in [0.25, 0.3) is 11.1 Å². The normalized spacial score (nSPS) is 10.8. The summed E-state index contributed by atoms with van der Waals surface area (Å²) in [6, 6.07) is 11.2. The summed E-state index contributed by atoms with van der Waals surface area (Å²) in [5.74, 6) is -1.25. The van der Waals surface area contributed by atoms with Crippen LogP contribution in [0.1, 0.15) is 12.0 Å². The van der Waals surface area contributed by atoms with Crippen molar-refractivity contribution in [2.24, 2.45) is 0 Å². The number of carbonyl (C=O) groups is 1. The number of oxazole rings is 1. The van der Waals surface area contributed by atoms with Gasteiger partial charge in [-0.3, -0.25) is 9.78 Å². The van der Waals surface area contributed by atoms with E-state index in [1.165, 1.54) is 12.1 Å². The van der Waals surface area contributed by atoms with E-state index in [1.54, 1.807) is 30.3 Å². The number of para-hydroxylation sites is 1. The van der Waals surface area contributed by atoms with Crippen LogP contribution in [0.15, 0.2) is 51.7 Å². The van der Waals surface area contributed by atoms with Crippen molar-refractivity contribution in [3.05, 3.63) is 64.4 Å². The van der Waals surface area contributed by atoms with Crippen LogP contribution in [0.3, 0.4) is 0 Å². The van der Waals surface area contributed by atoms with Crippen molar-refractivity contribution in [1.82, 2.24) is 4.98 Å². The molecule has 3 rings (SSSR count). The number of H-pyrrole nitrogens is 1. The lowest BCUT2D eigenvalue weighted by Crippen LogP contribution is -2.13. The topological polar surface area (TPSA) is 75.1 Å². The molecule has 0 bridgehead atoms. The van der Waals surface area contributed by atoms with Crippen molar-refractivity contribution < 1.29 is 13.6 Å². The summed E-state index contributed by atoms with van der Waals surface area (Å²) in [6.45, 7) is 0. The number of aromatic nitrogens is 1. The smallest absolute Gasteiger partial charge is 0.408 e. The fourth-order valence-corrected chi connectivity index (χ4v) is 2.19. The van der Waals surface area contributed by atoms with E-state index in [0.717, 1.165) is 5.56 Å². The Bertz CT molecular complexity index is 882. The van der Waals surface area contributed by atoms with E-state index in [2.05, 4.69) is 10.3 Å². The van der Waals surface area contributed by atoms with Gasteiger partial charge in [0.2, 0.25) is 5.91 Å². The van der Waals surface area contributed by atoms with Gasteiger partial charge < -0.3 is 9.73 Å². The van der Waals surface area contributed by atoms with E-state index in [-0.39, 0.29) is 18.0 Å². The first-order valence-corrected chi connectivity index (χ1v) is 6.78. The molecule has 0 unspecified atom stereocenters. The molecule has 0 aliphatic carbocycles. The number of benzene rings is 2. The number of aromatic amines is 1. The van der Waals surface area contributed by atoms with Gasteiger partial charge in [-0.1, -0.05) is 18.2 Å². The molecule has 0 radical (unpaired) electrons. The average Bonchev–Trinajstić information content (AvgIpc) is 2.87. The monoisotopic (exact) mass is 300 g/mol. The molecule has 5 nitrogen and oxygen atoms in total. The SMILES string of the molecule is O=C(CCc1ccc2oc(=O)[nH]c2c1)Nc1ccccc1F. The summed E-state index contributed by atoms with van der Waals surface area (Å²) in [6.07, 6.45) is 0.686. The van der Waals surface area contributed by atoms with Crippen LogP contribution in [-0.2, 0) is 11.2 Å². The van der Waals surface area contributed by atoms with E-state index < -0.39 is 11.6 Å². The van der Waals surface area contributed by atoms with Gasteiger partial charge in [0.05, 0.1) is 11.2 Å². The molecule has 0 atom stereocenters. The highest BCUT2D eigenvalue weighted by Crippen LogP contribution is 2.15. The van der Waals surface area contributed by atoms with E-state index >= 15 is 0 Å². The highest BCUT2D eigenvalue weighted by Gasteiger charge is 2.08. The second kappa shape index (κ2) is 5.85. The molecule has 1 heterocycles. The number of aryl methyl sites for hydroxylation is 1. The summed E-state index contributed by atoms with van der Waals surface area (Å²) in [7, 11) is 0. The van der Waals surface area contributed by atoms with E-state index in [9.17, 15) is 14.0 Å². The predicted molar refractivity (Wildman–Crippen MR) is 80.2 cm³/mol. The highest BCUT2D eigenvalue weighted by atomic mass is 19.1. The van der Waals surface area contributed by atoms with E-state index in [4.69, 9.17) is 4.42 Å². The van der Waals surface area contributed by atoms with Gasteiger partial charge in [-0.25, -0.2) is 9.18 Å². The maximum atomic E-state index is 13.4. The van der Waals surface area contributed by atoms with Gasteiger partial charge in [0.1, 0.15) is 5.82 Å². The zero-order valence-electron chi connectivity index (χ0n) is 11.6. The molecule has 0 saturated carbocycles. The molecule has 0 aliphatic heterocycles. The number of nitrogens with one attached hydrogen (secondary N) is 2. The largest absolute Gasteiger partial charge is 0.417 e. The van der Waals surface area contributed by atoms with E-state index in [1.807, 2.05) is 0 Å². The van der Waals surface area contributed by atoms with Crippen molar-refractivity contribution in [3.8, 4) is 0 Å². The average molecular weight is 300 g/mol. The number of hydrogen-bond acceptors (Lipinski definition) is 3. The minimum absolute atomic E-state index is 0.169. The molecule has 0 spiro atoms. The van der Waals surface area contributed by atoms with Crippen molar-refractivity contribution in [1.29, 1.82) is 0 Å². The summed E-state index contributed by atoms with van der Waals surface area (Å²) < 4.78 is 18.3. The molecule has 3 aromatic rings. The predicted octanol–water partition coefficient (Wildman–Crippen LogP) is 2.83. The lowest BCUT2D eigenvalue weighted by molar-refractivity contribution is -0.116. The first-order valence-electron chi connectivity index (χ1n) is 6.78. The maximum Gasteiger partial charge on any atom is 0.417 e. The van der Waals surface area contributed by atoms with Crippen LogP contribution in [-0.4, -0.2) is 10.9 Å². The van der Waals surface area contributed by atoms with Crippen molar-refractivity contribution in [3.63, 3.8) is 0 Å². The highest BCUT2D eigenvalue weighted by molar-refractivity contribution is 5.91. The third-order valence-electron chi connectivity index (χ3n) is 3.27. The Morgan fingerprint density at radius 2 is 2.05 bits per heavy atom. The molecule has 112 valence electrons. The number of carbonyl (C=O) groups excluding carboxylic acids is 1. The van der Waals surface area contributed by atoms with Gasteiger partial charge in [0, 0.05) is 6.42 Å². The molecule has 6 heteroatoms. The molecule has 0 fully saturated rings. The van der Waals surface area contributed by atoms with Crippen LogP contribution in [0.4, 0.5) is 10.1 Å². The number of anilines is 1. The molecule has 0 aliphatic rings. The number of hydrogen-bond donors (Lipinski definition) is 2. The van der Waals surface area contributed by atoms with Gasteiger partial charge in [-0.05, 0) is 36.2 Å². The Labute approximate surface area is 124 Å². The Morgan fingerprint density at radius 1 is 1.23 bits per heavy atom. The summed E-state index contributed by atoms with van der Waals surface area (Å²) in [5, 5.41) is 2.53. The van der Waals surface area contributed by atoms with Crippen LogP contribution >= 0.6 is 0 Å². The molecule has 2 N–H and O–H groups in total. The van der Waals surface area contributed by atoms with Crippen LogP contribution in [0.5, 0.6) is 0 Å². The third-order valence-corrected chi connectivity index (χ3v) is 3.27. The number of rotatable bonds is 4. The summed E-state index contributed by atoms with van der Waals surface area (Å²) >= 11 is 0. The summed E-state index contributed by atoms with van der Waals surface area (Å²) in [4.78, 5) is 25.5. The summed E-state index contributed by atoms with van der Waals surface area (Å²) in [5.41, 5.74) is 2.12. The zero-order valence-corrected chi connectivity index (χ0v) is 11.6. The van der Waals surface area contributed by atoms with Gasteiger partial charge in [0.15, 0.2) is 5.58 Å². The fraction of sp³-hybridized carbons (Fsp3) is 0.125. The maximum absolute atomic E-state index is 13.4. The van der Waals surface area contributed by atoms with Crippen molar-refractivity contribution in [2.75, 3.05) is 5.32 Å². The fourth-order valence-electron chi connectivity index (χ4n) is 2.19. The molecule has 1 amide bonds. The minimum Gasteiger partial charge on any atom is -0.408 e. The van der Waals surface area contributed by atoms with Gasteiger partial charge in [-0.2, -0.15) is 0 Å². The van der Waals surface area contributed by atoms with Gasteiger partial charge >= 0.3 is 5.76 Å². The minimum atomic E-state index is -0.510. The van der Waals surface area contributed by atoms with Crippen LogP contribution < -0.4 is 11.1 Å². The number of amides is 1. The van der Waals surface area contributed by atoms with Crippen LogP contribution in [0, 0.1) is 5.82 Å². The second-order valence-corrected chi connectivity index (χ2v) is 4.87. The Morgan fingerprint density at radius 3 is 2.86 bits per heavy atom. The van der Waals surface area contributed by atoms with Gasteiger partial charge in [0.25, 0.3) is 0 Å². The molecule has 2 aromatic carbocycles. The molecule has 1 aromatic heterocycles. The van der Waals surface area contributed by atoms with Gasteiger partial charge in [-0.15, -0.1) is 0 Å². The quantitative estimate of drug-likeness (QED) is 0.778. The Hall–Kier alpha value is -2.89. The Kier molecular flexibility index (Phi) is 3.74. The molecular weight excluding hydrogens is 287 g/mol. The lowest BCUT2D eigenvalue weighted by Gasteiger charge is -2.06. The number of halogens is 1. The molecule has 22 heavy (non-hydrogen) atoms.